The molecule has 1 aliphatic carbocycles. The largest absolute Gasteiger partial charge is 0.459 e. The van der Waals surface area contributed by atoms with E-state index in [2.05, 4.69) is 38.7 Å². The van der Waals surface area contributed by atoms with E-state index in [1.165, 1.54) is 19.3 Å². The molecule has 4 heteroatoms. The summed E-state index contributed by atoms with van der Waals surface area (Å²) in [5, 5.41) is 8.10. The molecule has 19 heavy (non-hydrogen) atoms. The lowest BCUT2D eigenvalue weighted by Gasteiger charge is -2.03. The van der Waals surface area contributed by atoms with Gasteiger partial charge in [0.25, 0.3) is 0 Å². The van der Waals surface area contributed by atoms with Crippen molar-refractivity contribution >= 4 is 26.9 Å². The summed E-state index contributed by atoms with van der Waals surface area (Å²) in [6, 6.07) is 9.03. The summed E-state index contributed by atoms with van der Waals surface area (Å²) in [6.45, 7) is 2.94. The van der Waals surface area contributed by atoms with Crippen LogP contribution in [0.2, 0.25) is 0 Å². The van der Waals surface area contributed by atoms with Gasteiger partial charge in [-0.25, -0.2) is 0 Å². The van der Waals surface area contributed by atoms with Crippen molar-refractivity contribution in [3.63, 3.8) is 0 Å². The van der Waals surface area contributed by atoms with E-state index < -0.39 is 0 Å². The molecule has 3 nitrogen and oxygen atoms in total. The van der Waals surface area contributed by atoms with Gasteiger partial charge in [0, 0.05) is 11.4 Å². The molecule has 1 aliphatic rings. The lowest BCUT2D eigenvalue weighted by Crippen LogP contribution is -2.22. The van der Waals surface area contributed by atoms with Gasteiger partial charge in [0.1, 0.15) is 11.3 Å². The summed E-state index contributed by atoms with van der Waals surface area (Å²) in [5.41, 5.74) is 0.940. The predicted molar refractivity (Wildman–Crippen MR) is 81.3 cm³/mol. The van der Waals surface area contributed by atoms with Gasteiger partial charge in [-0.2, -0.15) is 0 Å². The first-order chi connectivity index (χ1) is 9.33. The van der Waals surface area contributed by atoms with E-state index in [1.54, 1.807) is 0 Å². The molecule has 2 N–H and O–H groups in total. The van der Waals surface area contributed by atoms with Gasteiger partial charge in [0.05, 0.1) is 11.0 Å². The third-order valence-corrected chi connectivity index (χ3v) is 4.01. The molecule has 1 saturated carbocycles. The minimum atomic E-state index is 0.796. The Kier molecular flexibility index (Phi) is 4.21. The van der Waals surface area contributed by atoms with Gasteiger partial charge in [-0.15, -0.1) is 0 Å². The smallest absolute Gasteiger partial charge is 0.148 e. The number of nitrogens with one attached hydrogen (secondary N) is 2. The molecule has 1 aromatic carbocycles. The van der Waals surface area contributed by atoms with Crippen molar-refractivity contribution in [3.05, 3.63) is 34.5 Å². The number of hydrogen-bond acceptors (Lipinski definition) is 3. The van der Waals surface area contributed by atoms with Crippen LogP contribution in [0, 0.1) is 0 Å². The molecule has 0 saturated heterocycles. The first-order valence-corrected chi connectivity index (χ1v) is 7.73. The minimum absolute atomic E-state index is 0.796. The molecule has 0 spiro atoms. The summed E-state index contributed by atoms with van der Waals surface area (Å²) in [4.78, 5) is 0. The van der Waals surface area contributed by atoms with Crippen molar-refractivity contribution < 1.29 is 4.42 Å². The Morgan fingerprint density at radius 1 is 1.26 bits per heavy atom. The average molecular weight is 323 g/mol. The van der Waals surface area contributed by atoms with Crippen molar-refractivity contribution in [3.8, 4) is 0 Å². The van der Waals surface area contributed by atoms with Gasteiger partial charge in [-0.3, -0.25) is 0 Å². The molecule has 1 heterocycles. The molecule has 0 amide bonds. The molecule has 1 aromatic heterocycles. The maximum Gasteiger partial charge on any atom is 0.148 e. The number of benzene rings is 1. The van der Waals surface area contributed by atoms with Gasteiger partial charge in [0.2, 0.25) is 0 Å². The Balaban J connectivity index is 1.44. The molecular formula is C15H19BrN2O. The number of halogens is 1. The number of rotatable bonds is 7. The molecule has 0 radical (unpaired) electrons. The molecule has 2 aromatic rings. The van der Waals surface area contributed by atoms with Gasteiger partial charge in [-0.1, -0.05) is 12.1 Å². The van der Waals surface area contributed by atoms with E-state index in [1.807, 2.05) is 12.1 Å². The number of furan rings is 1. The maximum atomic E-state index is 5.83. The third kappa shape index (κ3) is 3.59. The minimum Gasteiger partial charge on any atom is -0.459 e. The van der Waals surface area contributed by atoms with Crippen molar-refractivity contribution in [1.29, 1.82) is 0 Å². The summed E-state index contributed by atoms with van der Waals surface area (Å²) in [7, 11) is 0. The van der Waals surface area contributed by atoms with Crippen LogP contribution in [0.3, 0.4) is 0 Å². The van der Waals surface area contributed by atoms with Crippen molar-refractivity contribution in [1.82, 2.24) is 10.6 Å². The Hall–Kier alpha value is -0.840. The van der Waals surface area contributed by atoms with E-state index in [-0.39, 0.29) is 0 Å². The summed E-state index contributed by atoms with van der Waals surface area (Å²) >= 11 is 3.51. The summed E-state index contributed by atoms with van der Waals surface area (Å²) < 4.78 is 6.85. The molecular weight excluding hydrogens is 304 g/mol. The van der Waals surface area contributed by atoms with Gasteiger partial charge in [0.15, 0.2) is 0 Å². The Labute approximate surface area is 121 Å². The van der Waals surface area contributed by atoms with E-state index in [4.69, 9.17) is 4.42 Å². The highest BCUT2D eigenvalue weighted by molar-refractivity contribution is 9.10. The lowest BCUT2D eigenvalue weighted by atomic mass is 10.2. The van der Waals surface area contributed by atoms with E-state index in [0.717, 1.165) is 46.9 Å². The van der Waals surface area contributed by atoms with Gasteiger partial charge >= 0.3 is 0 Å². The third-order valence-electron chi connectivity index (χ3n) is 3.39. The van der Waals surface area contributed by atoms with Gasteiger partial charge < -0.3 is 15.1 Å². The molecule has 0 unspecified atom stereocenters. The molecule has 0 aliphatic heterocycles. The van der Waals surface area contributed by atoms with Crippen LogP contribution in [0.1, 0.15) is 25.0 Å². The second kappa shape index (κ2) is 6.07. The average Bonchev–Trinajstić information content (AvgIpc) is 3.12. The van der Waals surface area contributed by atoms with E-state index in [0.29, 0.717) is 0 Å². The topological polar surface area (TPSA) is 37.2 Å². The fraction of sp³-hybridized carbons (Fsp3) is 0.467. The SMILES string of the molecule is Brc1cccc2cc(CNCCCNC3CC3)oc12. The van der Waals surface area contributed by atoms with Crippen molar-refractivity contribution in [2.45, 2.75) is 31.8 Å². The van der Waals surface area contributed by atoms with Crippen LogP contribution in [0.4, 0.5) is 0 Å². The highest BCUT2D eigenvalue weighted by atomic mass is 79.9. The van der Waals surface area contributed by atoms with Crippen molar-refractivity contribution in [2.24, 2.45) is 0 Å². The molecule has 0 bridgehead atoms. The van der Waals surface area contributed by atoms with Crippen LogP contribution in [0.15, 0.2) is 33.2 Å². The summed E-state index contributed by atoms with van der Waals surface area (Å²) in [5.74, 6) is 0.997. The zero-order valence-electron chi connectivity index (χ0n) is 10.9. The van der Waals surface area contributed by atoms with Crippen LogP contribution < -0.4 is 10.6 Å². The molecule has 0 atom stereocenters. The molecule has 3 rings (SSSR count). The monoisotopic (exact) mass is 322 g/mol. The highest BCUT2D eigenvalue weighted by Crippen LogP contribution is 2.26. The van der Waals surface area contributed by atoms with Gasteiger partial charge in [-0.05, 0) is 60.4 Å². The fourth-order valence-corrected chi connectivity index (χ4v) is 2.65. The van der Waals surface area contributed by atoms with Crippen LogP contribution >= 0.6 is 15.9 Å². The maximum absolute atomic E-state index is 5.83. The first kappa shape index (κ1) is 13.2. The van der Waals surface area contributed by atoms with Crippen LogP contribution in [-0.4, -0.2) is 19.1 Å². The normalized spacial score (nSPS) is 15.2. The summed E-state index contributed by atoms with van der Waals surface area (Å²) in [6.07, 6.45) is 3.89. The number of fused-ring (bicyclic) bond motifs is 1. The Morgan fingerprint density at radius 3 is 2.95 bits per heavy atom. The second-order valence-electron chi connectivity index (χ2n) is 5.13. The standard InChI is InChI=1S/C15H19BrN2O/c16-14-4-1-3-11-9-13(19-15(11)14)10-17-7-2-8-18-12-5-6-12/h1,3-4,9,12,17-18H,2,5-8,10H2. The van der Waals surface area contributed by atoms with Crippen molar-refractivity contribution in [2.75, 3.05) is 13.1 Å². The van der Waals surface area contributed by atoms with E-state index >= 15 is 0 Å². The second-order valence-corrected chi connectivity index (χ2v) is 5.98. The van der Waals surface area contributed by atoms with E-state index in [9.17, 15) is 0 Å². The lowest BCUT2D eigenvalue weighted by molar-refractivity contribution is 0.504. The molecule has 1 fully saturated rings. The Bertz CT molecular complexity index is 548. The first-order valence-electron chi connectivity index (χ1n) is 6.94. The molecule has 102 valence electrons. The zero-order valence-corrected chi connectivity index (χ0v) is 12.5. The zero-order chi connectivity index (χ0) is 13.1. The Morgan fingerprint density at radius 2 is 2.16 bits per heavy atom. The highest BCUT2D eigenvalue weighted by Gasteiger charge is 2.19. The van der Waals surface area contributed by atoms with Crippen LogP contribution in [-0.2, 0) is 6.54 Å². The quantitative estimate of drug-likeness (QED) is 0.767. The van der Waals surface area contributed by atoms with Crippen LogP contribution in [0.5, 0.6) is 0 Å². The number of para-hydroxylation sites is 1. The number of hydrogen-bond donors (Lipinski definition) is 2. The fourth-order valence-electron chi connectivity index (χ4n) is 2.19. The predicted octanol–water partition coefficient (Wildman–Crippen LogP) is 3.43. The van der Waals surface area contributed by atoms with Crippen LogP contribution in [0.25, 0.3) is 11.0 Å².